The molecule has 0 bridgehead atoms. The summed E-state index contributed by atoms with van der Waals surface area (Å²) in [6.07, 6.45) is -5.35. The highest BCUT2D eigenvalue weighted by atomic mass is 79.9. The average molecular weight is 554 g/mol. The third-order valence-electron chi connectivity index (χ3n) is 5.97. The minimum absolute atomic E-state index is 0.306. The SMILES string of the molecule is CC(C)(C)OC(=O)N1CCN(c2ccc(C(O)(c3cc4ccccc4[nH]3)C(F)(F)F)cc2Br)CC1. The predicted octanol–water partition coefficient (Wildman–Crippen LogP) is 5.79. The Bertz CT molecular complexity index is 1200. The number of carbonyl (C=O) groups excluding carboxylic acids is 1. The van der Waals surface area contributed by atoms with Crippen molar-refractivity contribution >= 4 is 38.6 Å². The van der Waals surface area contributed by atoms with Gasteiger partial charge in [0.25, 0.3) is 0 Å². The minimum Gasteiger partial charge on any atom is -0.444 e. The molecule has 10 heteroatoms. The second-order valence-electron chi connectivity index (χ2n) is 9.60. The number of H-pyrrole nitrogens is 1. The first-order valence-electron chi connectivity index (χ1n) is 11.2. The molecule has 35 heavy (non-hydrogen) atoms. The highest BCUT2D eigenvalue weighted by Gasteiger charge is 2.57. The molecule has 1 aromatic heterocycles. The fourth-order valence-corrected chi connectivity index (χ4v) is 4.81. The number of aliphatic hydroxyl groups is 1. The van der Waals surface area contributed by atoms with Crippen LogP contribution in [0.1, 0.15) is 32.0 Å². The number of piperazine rings is 1. The number of halogens is 4. The maximum Gasteiger partial charge on any atom is 0.427 e. The third-order valence-corrected chi connectivity index (χ3v) is 6.60. The lowest BCUT2D eigenvalue weighted by Crippen LogP contribution is -2.50. The van der Waals surface area contributed by atoms with E-state index in [4.69, 9.17) is 4.74 Å². The molecule has 0 spiro atoms. The fraction of sp³-hybridized carbons (Fsp3) is 0.400. The molecule has 1 aliphatic rings. The van der Waals surface area contributed by atoms with E-state index in [-0.39, 0.29) is 17.4 Å². The number of ether oxygens (including phenoxy) is 1. The standard InChI is InChI=1S/C25H27BrF3N3O3/c1-23(2,3)35-22(33)32-12-10-31(11-13-32)20-9-8-17(15-18(20)26)24(34,25(27,28)29)21-14-16-6-4-5-7-19(16)30-21/h4-9,14-15,30,34H,10-13H2,1-3H3. The summed E-state index contributed by atoms with van der Waals surface area (Å²) < 4.78 is 48.7. The molecule has 0 radical (unpaired) electrons. The number of fused-ring (bicyclic) bond motifs is 1. The van der Waals surface area contributed by atoms with E-state index in [1.807, 2.05) is 4.90 Å². The summed E-state index contributed by atoms with van der Waals surface area (Å²) in [6, 6.07) is 12.2. The van der Waals surface area contributed by atoms with E-state index in [2.05, 4.69) is 20.9 Å². The van der Waals surface area contributed by atoms with Gasteiger partial charge in [-0.05, 0) is 66.4 Å². The number of aromatic amines is 1. The van der Waals surface area contributed by atoms with Gasteiger partial charge in [-0.25, -0.2) is 4.79 Å². The van der Waals surface area contributed by atoms with Crippen LogP contribution in [0.15, 0.2) is 53.0 Å². The molecule has 1 amide bonds. The topological polar surface area (TPSA) is 68.8 Å². The quantitative estimate of drug-likeness (QED) is 0.431. The number of amides is 1. The smallest absolute Gasteiger partial charge is 0.427 e. The highest BCUT2D eigenvalue weighted by Crippen LogP contribution is 2.46. The van der Waals surface area contributed by atoms with Crippen molar-refractivity contribution in [3.05, 3.63) is 64.3 Å². The van der Waals surface area contributed by atoms with Gasteiger partial charge in [0.15, 0.2) is 0 Å². The first-order valence-corrected chi connectivity index (χ1v) is 12.0. The van der Waals surface area contributed by atoms with Crippen molar-refractivity contribution in [2.75, 3.05) is 31.1 Å². The molecule has 188 valence electrons. The molecule has 2 aromatic carbocycles. The van der Waals surface area contributed by atoms with Crippen LogP contribution < -0.4 is 4.90 Å². The third kappa shape index (κ3) is 4.99. The van der Waals surface area contributed by atoms with E-state index >= 15 is 0 Å². The lowest BCUT2D eigenvalue weighted by Gasteiger charge is -2.37. The van der Waals surface area contributed by atoms with Gasteiger partial charge in [-0.2, -0.15) is 13.2 Å². The Morgan fingerprint density at radius 3 is 2.26 bits per heavy atom. The molecule has 1 atom stereocenters. The summed E-state index contributed by atoms with van der Waals surface area (Å²) >= 11 is 3.40. The lowest BCUT2D eigenvalue weighted by atomic mass is 9.89. The van der Waals surface area contributed by atoms with E-state index in [0.29, 0.717) is 47.2 Å². The molecule has 0 aliphatic carbocycles. The molecule has 1 saturated heterocycles. The Morgan fingerprint density at radius 1 is 1.03 bits per heavy atom. The van der Waals surface area contributed by atoms with Crippen LogP contribution in [-0.2, 0) is 10.3 Å². The van der Waals surface area contributed by atoms with Gasteiger partial charge in [0.2, 0.25) is 5.60 Å². The Labute approximate surface area is 209 Å². The van der Waals surface area contributed by atoms with Crippen molar-refractivity contribution in [2.24, 2.45) is 0 Å². The van der Waals surface area contributed by atoms with E-state index < -0.39 is 17.4 Å². The summed E-state index contributed by atoms with van der Waals surface area (Å²) in [5.41, 5.74) is -3.28. The Hall–Kier alpha value is -2.72. The highest BCUT2D eigenvalue weighted by molar-refractivity contribution is 9.10. The number of alkyl halides is 3. The zero-order chi connectivity index (χ0) is 25.6. The number of nitrogens with one attached hydrogen (secondary N) is 1. The zero-order valence-electron chi connectivity index (χ0n) is 19.6. The molecule has 2 N–H and O–H groups in total. The van der Waals surface area contributed by atoms with Gasteiger partial charge in [0.1, 0.15) is 5.60 Å². The van der Waals surface area contributed by atoms with Crippen molar-refractivity contribution in [3.63, 3.8) is 0 Å². The number of hydrogen-bond donors (Lipinski definition) is 2. The number of para-hydroxylation sites is 1. The van der Waals surface area contributed by atoms with Gasteiger partial charge < -0.3 is 24.6 Å². The van der Waals surface area contributed by atoms with Crippen molar-refractivity contribution in [3.8, 4) is 0 Å². The molecule has 1 unspecified atom stereocenters. The van der Waals surface area contributed by atoms with Crippen LogP contribution in [-0.4, -0.2) is 59.0 Å². The molecule has 1 fully saturated rings. The molecule has 2 heterocycles. The summed E-state index contributed by atoms with van der Waals surface area (Å²) in [5, 5.41) is 11.6. The summed E-state index contributed by atoms with van der Waals surface area (Å²) in [4.78, 5) is 18.6. The predicted molar refractivity (Wildman–Crippen MR) is 132 cm³/mol. The van der Waals surface area contributed by atoms with Crippen LogP contribution in [0, 0.1) is 0 Å². The number of nitrogens with zero attached hydrogens (tertiary/aromatic N) is 2. The lowest BCUT2D eigenvalue weighted by molar-refractivity contribution is -0.249. The number of aromatic nitrogens is 1. The Balaban J connectivity index is 1.58. The van der Waals surface area contributed by atoms with Gasteiger partial charge in [-0.15, -0.1) is 0 Å². The Kier molecular flexibility index (Phi) is 6.56. The fourth-order valence-electron chi connectivity index (χ4n) is 4.18. The van der Waals surface area contributed by atoms with Crippen LogP contribution in [0.25, 0.3) is 10.9 Å². The Morgan fingerprint density at radius 2 is 1.69 bits per heavy atom. The molecule has 1 aliphatic heterocycles. The van der Waals surface area contributed by atoms with Gasteiger partial charge in [-0.3, -0.25) is 0 Å². The van der Waals surface area contributed by atoms with Crippen LogP contribution in [0.4, 0.5) is 23.7 Å². The maximum absolute atomic E-state index is 14.3. The number of carbonyl (C=O) groups is 1. The first-order chi connectivity index (χ1) is 16.3. The van der Waals surface area contributed by atoms with Gasteiger partial charge in [0.05, 0.1) is 11.4 Å². The minimum atomic E-state index is -4.96. The number of benzene rings is 2. The molecule has 4 rings (SSSR count). The molecular formula is C25H27BrF3N3O3. The molecule has 0 saturated carbocycles. The number of hydrogen-bond acceptors (Lipinski definition) is 4. The zero-order valence-corrected chi connectivity index (χ0v) is 21.2. The van der Waals surface area contributed by atoms with Crippen molar-refractivity contribution in [2.45, 2.75) is 38.1 Å². The second-order valence-corrected chi connectivity index (χ2v) is 10.5. The maximum atomic E-state index is 14.3. The normalized spacial score (nSPS) is 16.9. The van der Waals surface area contributed by atoms with E-state index in [0.717, 1.165) is 0 Å². The van der Waals surface area contributed by atoms with Crippen molar-refractivity contribution < 1.29 is 27.8 Å². The summed E-state index contributed by atoms with van der Waals surface area (Å²) in [7, 11) is 0. The summed E-state index contributed by atoms with van der Waals surface area (Å²) in [6.45, 7) is 7.23. The largest absolute Gasteiger partial charge is 0.444 e. The number of anilines is 1. The van der Waals surface area contributed by atoms with Gasteiger partial charge >= 0.3 is 12.3 Å². The monoisotopic (exact) mass is 553 g/mol. The van der Waals surface area contributed by atoms with E-state index in [1.165, 1.54) is 18.2 Å². The molecule has 3 aromatic rings. The second kappa shape index (κ2) is 9.05. The van der Waals surface area contributed by atoms with Gasteiger partial charge in [-0.1, -0.05) is 24.3 Å². The van der Waals surface area contributed by atoms with Crippen LogP contribution in [0.5, 0.6) is 0 Å². The van der Waals surface area contributed by atoms with Gasteiger partial charge in [0, 0.05) is 41.7 Å². The average Bonchev–Trinajstić information content (AvgIpc) is 3.21. The van der Waals surface area contributed by atoms with Crippen molar-refractivity contribution in [1.29, 1.82) is 0 Å². The first kappa shape index (κ1) is 25.4. The molecular weight excluding hydrogens is 527 g/mol. The van der Waals surface area contributed by atoms with Crippen LogP contribution in [0.3, 0.4) is 0 Å². The number of rotatable bonds is 3. The van der Waals surface area contributed by atoms with Crippen LogP contribution in [0.2, 0.25) is 0 Å². The summed E-state index contributed by atoms with van der Waals surface area (Å²) in [5.74, 6) is 0. The van der Waals surface area contributed by atoms with E-state index in [9.17, 15) is 23.1 Å². The van der Waals surface area contributed by atoms with E-state index in [1.54, 1.807) is 56.0 Å². The molecule has 6 nitrogen and oxygen atoms in total. The van der Waals surface area contributed by atoms with Crippen molar-refractivity contribution in [1.82, 2.24) is 9.88 Å². The van der Waals surface area contributed by atoms with Crippen LogP contribution >= 0.6 is 15.9 Å².